The number of nitrogens with zero attached hydrogens (tertiary/aromatic N) is 1. The standard InChI is InChI=1S/C9H17N.ClH/c1-6-7-10(5)9(4)8(2)3;/h6,9H,1-2,7H2,3-5H3;1H. The lowest BCUT2D eigenvalue weighted by atomic mass is 10.1. The highest BCUT2D eigenvalue weighted by Gasteiger charge is 2.06. The summed E-state index contributed by atoms with van der Waals surface area (Å²) >= 11 is 0. The van der Waals surface area contributed by atoms with Crippen molar-refractivity contribution in [2.45, 2.75) is 19.9 Å². The third-order valence-electron chi connectivity index (χ3n) is 1.79. The maximum atomic E-state index is 3.88. The highest BCUT2D eigenvalue weighted by atomic mass is 35.5. The van der Waals surface area contributed by atoms with E-state index in [0.717, 1.165) is 6.54 Å². The van der Waals surface area contributed by atoms with Crippen LogP contribution in [0.5, 0.6) is 0 Å². The first kappa shape index (κ1) is 13.3. The molecule has 1 unspecified atom stereocenters. The van der Waals surface area contributed by atoms with Gasteiger partial charge in [0.05, 0.1) is 0 Å². The van der Waals surface area contributed by atoms with Gasteiger partial charge in [0.2, 0.25) is 0 Å². The number of halogens is 1. The molecule has 0 fully saturated rings. The van der Waals surface area contributed by atoms with Gasteiger partial charge in [-0.05, 0) is 20.9 Å². The van der Waals surface area contributed by atoms with Gasteiger partial charge < -0.3 is 0 Å². The van der Waals surface area contributed by atoms with E-state index in [4.69, 9.17) is 0 Å². The second-order valence-corrected chi connectivity index (χ2v) is 2.75. The Morgan fingerprint density at radius 1 is 1.64 bits per heavy atom. The summed E-state index contributed by atoms with van der Waals surface area (Å²) in [5, 5.41) is 0. The lowest BCUT2D eigenvalue weighted by Gasteiger charge is -2.23. The largest absolute Gasteiger partial charge is 0.296 e. The van der Waals surface area contributed by atoms with Crippen molar-refractivity contribution in [3.63, 3.8) is 0 Å². The molecule has 66 valence electrons. The summed E-state index contributed by atoms with van der Waals surface area (Å²) in [6.07, 6.45) is 1.90. The van der Waals surface area contributed by atoms with Crippen molar-refractivity contribution in [3.05, 3.63) is 24.8 Å². The van der Waals surface area contributed by atoms with E-state index in [1.54, 1.807) is 0 Å². The van der Waals surface area contributed by atoms with E-state index >= 15 is 0 Å². The Kier molecular flexibility index (Phi) is 7.80. The molecule has 1 atom stereocenters. The minimum absolute atomic E-state index is 0. The topological polar surface area (TPSA) is 3.24 Å². The molecular weight excluding hydrogens is 158 g/mol. The fourth-order valence-corrected chi connectivity index (χ4v) is 0.738. The zero-order chi connectivity index (χ0) is 8.15. The van der Waals surface area contributed by atoms with E-state index in [1.807, 2.05) is 13.0 Å². The van der Waals surface area contributed by atoms with Gasteiger partial charge in [0, 0.05) is 12.6 Å². The summed E-state index contributed by atoms with van der Waals surface area (Å²) in [4.78, 5) is 2.20. The molecule has 0 aromatic heterocycles. The summed E-state index contributed by atoms with van der Waals surface area (Å²) < 4.78 is 0. The molecule has 0 amide bonds. The van der Waals surface area contributed by atoms with Gasteiger partial charge in [0.25, 0.3) is 0 Å². The maximum Gasteiger partial charge on any atom is 0.0274 e. The first-order valence-corrected chi connectivity index (χ1v) is 3.56. The van der Waals surface area contributed by atoms with Crippen molar-refractivity contribution in [2.75, 3.05) is 13.6 Å². The summed E-state index contributed by atoms with van der Waals surface area (Å²) in [5.74, 6) is 0. The molecule has 0 aliphatic carbocycles. The minimum atomic E-state index is 0. The predicted octanol–water partition coefficient (Wildman–Crippen LogP) is 2.49. The average molecular weight is 176 g/mol. The van der Waals surface area contributed by atoms with Crippen molar-refractivity contribution < 1.29 is 0 Å². The Bertz CT molecular complexity index is 132. The monoisotopic (exact) mass is 175 g/mol. The molecule has 0 N–H and O–H groups in total. The van der Waals surface area contributed by atoms with Crippen LogP contribution in [0.15, 0.2) is 24.8 Å². The van der Waals surface area contributed by atoms with Crippen LogP contribution in [0.25, 0.3) is 0 Å². The van der Waals surface area contributed by atoms with Crippen LogP contribution in [0.3, 0.4) is 0 Å². The van der Waals surface area contributed by atoms with E-state index in [0.29, 0.717) is 6.04 Å². The van der Waals surface area contributed by atoms with Gasteiger partial charge in [-0.2, -0.15) is 0 Å². The smallest absolute Gasteiger partial charge is 0.0274 e. The molecule has 0 heterocycles. The zero-order valence-electron chi connectivity index (χ0n) is 7.63. The summed E-state index contributed by atoms with van der Waals surface area (Å²) in [7, 11) is 2.07. The molecule has 0 radical (unpaired) electrons. The fraction of sp³-hybridized carbons (Fsp3) is 0.556. The van der Waals surface area contributed by atoms with Crippen LogP contribution < -0.4 is 0 Å². The Hall–Kier alpha value is -0.270. The van der Waals surface area contributed by atoms with Gasteiger partial charge in [-0.25, -0.2) is 0 Å². The maximum absolute atomic E-state index is 3.88. The molecule has 0 aromatic rings. The Morgan fingerprint density at radius 3 is 2.36 bits per heavy atom. The van der Waals surface area contributed by atoms with Crippen LogP contribution in [0.2, 0.25) is 0 Å². The van der Waals surface area contributed by atoms with E-state index in [9.17, 15) is 0 Å². The number of hydrogen-bond donors (Lipinski definition) is 0. The van der Waals surface area contributed by atoms with Crippen LogP contribution in [0.4, 0.5) is 0 Å². The zero-order valence-corrected chi connectivity index (χ0v) is 8.45. The lowest BCUT2D eigenvalue weighted by molar-refractivity contribution is 0.318. The fourth-order valence-electron chi connectivity index (χ4n) is 0.738. The van der Waals surface area contributed by atoms with Gasteiger partial charge in [-0.3, -0.25) is 4.90 Å². The Morgan fingerprint density at radius 2 is 2.09 bits per heavy atom. The molecule has 1 nitrogen and oxygen atoms in total. The molecule has 0 saturated carbocycles. The summed E-state index contributed by atoms with van der Waals surface area (Å²) in [6, 6.07) is 0.456. The molecular formula is C9H18ClN. The van der Waals surface area contributed by atoms with E-state index in [-0.39, 0.29) is 12.4 Å². The quantitative estimate of drug-likeness (QED) is 0.594. The van der Waals surface area contributed by atoms with Gasteiger partial charge in [-0.15, -0.1) is 19.0 Å². The van der Waals surface area contributed by atoms with Crippen molar-refractivity contribution in [1.29, 1.82) is 0 Å². The Labute approximate surface area is 76.2 Å². The molecule has 0 saturated heterocycles. The van der Waals surface area contributed by atoms with E-state index in [2.05, 4.69) is 32.0 Å². The molecule has 0 rings (SSSR count). The average Bonchev–Trinajstić information content (AvgIpc) is 1.87. The third kappa shape index (κ3) is 5.05. The van der Waals surface area contributed by atoms with Crippen molar-refractivity contribution in [1.82, 2.24) is 4.90 Å². The van der Waals surface area contributed by atoms with Crippen molar-refractivity contribution >= 4 is 12.4 Å². The molecule has 11 heavy (non-hydrogen) atoms. The van der Waals surface area contributed by atoms with Crippen LogP contribution in [0.1, 0.15) is 13.8 Å². The summed E-state index contributed by atoms with van der Waals surface area (Å²) in [5.41, 5.74) is 1.20. The summed E-state index contributed by atoms with van der Waals surface area (Å²) in [6.45, 7) is 12.7. The molecule has 0 aliphatic rings. The van der Waals surface area contributed by atoms with E-state index in [1.165, 1.54) is 5.57 Å². The SMILES string of the molecule is C=CCN(C)C(C)C(=C)C.Cl. The first-order chi connectivity index (χ1) is 4.59. The van der Waals surface area contributed by atoms with Gasteiger partial charge >= 0.3 is 0 Å². The molecule has 0 aliphatic heterocycles. The highest BCUT2D eigenvalue weighted by molar-refractivity contribution is 5.85. The molecule has 2 heteroatoms. The predicted molar refractivity (Wildman–Crippen MR) is 54.4 cm³/mol. The van der Waals surface area contributed by atoms with E-state index < -0.39 is 0 Å². The van der Waals surface area contributed by atoms with Crippen molar-refractivity contribution in [3.8, 4) is 0 Å². The number of likely N-dealkylation sites (N-methyl/N-ethyl adjacent to an activating group) is 1. The van der Waals surface area contributed by atoms with Gasteiger partial charge in [-0.1, -0.05) is 18.2 Å². The van der Waals surface area contributed by atoms with Crippen LogP contribution >= 0.6 is 12.4 Å². The normalized spacial score (nSPS) is 12.0. The van der Waals surface area contributed by atoms with Crippen LogP contribution in [-0.2, 0) is 0 Å². The van der Waals surface area contributed by atoms with Gasteiger partial charge in [0.1, 0.15) is 0 Å². The van der Waals surface area contributed by atoms with Crippen molar-refractivity contribution in [2.24, 2.45) is 0 Å². The molecule has 0 aromatic carbocycles. The third-order valence-corrected chi connectivity index (χ3v) is 1.79. The number of hydrogen-bond acceptors (Lipinski definition) is 1. The Balaban J connectivity index is 0. The number of rotatable bonds is 4. The van der Waals surface area contributed by atoms with Gasteiger partial charge in [0.15, 0.2) is 0 Å². The molecule has 0 spiro atoms. The minimum Gasteiger partial charge on any atom is -0.296 e. The van der Waals surface area contributed by atoms with Crippen LogP contribution in [-0.4, -0.2) is 24.5 Å². The second kappa shape index (κ2) is 6.44. The van der Waals surface area contributed by atoms with Crippen LogP contribution in [0, 0.1) is 0 Å². The highest BCUT2D eigenvalue weighted by Crippen LogP contribution is 2.04. The lowest BCUT2D eigenvalue weighted by Crippen LogP contribution is -2.29. The first-order valence-electron chi connectivity index (χ1n) is 3.56. The molecule has 0 bridgehead atoms. The second-order valence-electron chi connectivity index (χ2n) is 2.75.